The van der Waals surface area contributed by atoms with Crippen molar-refractivity contribution in [2.75, 3.05) is 12.4 Å². The fourth-order valence-corrected chi connectivity index (χ4v) is 3.10. The zero-order chi connectivity index (χ0) is 20.6. The number of nitrogens with one attached hydrogen (secondary N) is 3. The summed E-state index contributed by atoms with van der Waals surface area (Å²) in [6.45, 7) is 0. The van der Waals surface area contributed by atoms with E-state index in [1.165, 1.54) is 0 Å². The lowest BCUT2D eigenvalue weighted by molar-refractivity contribution is -0.129. The molecule has 0 saturated carbocycles. The van der Waals surface area contributed by atoms with Gasteiger partial charge in [-0.25, -0.2) is 5.48 Å². The Morgan fingerprint density at radius 1 is 1.03 bits per heavy atom. The number of fused-ring (bicyclic) bond motifs is 1. The summed E-state index contributed by atoms with van der Waals surface area (Å²) in [4.78, 5) is 23.1. The summed E-state index contributed by atoms with van der Waals surface area (Å²) in [7, 11) is 1.64. The molecular formula is C21H24N4O4. The van der Waals surface area contributed by atoms with Gasteiger partial charge in [0, 0.05) is 18.2 Å². The van der Waals surface area contributed by atoms with Gasteiger partial charge in [0.1, 0.15) is 5.75 Å². The van der Waals surface area contributed by atoms with E-state index in [0.717, 1.165) is 34.2 Å². The molecule has 0 unspecified atom stereocenters. The highest BCUT2D eigenvalue weighted by Gasteiger charge is 2.11. The van der Waals surface area contributed by atoms with E-state index >= 15 is 0 Å². The number of anilines is 1. The minimum Gasteiger partial charge on any atom is -0.497 e. The van der Waals surface area contributed by atoms with Gasteiger partial charge in [-0.3, -0.25) is 19.9 Å². The number of carbonyl (C=O) groups is 2. The number of carbonyl (C=O) groups excluding carboxylic acids is 2. The second-order valence-corrected chi connectivity index (χ2v) is 6.71. The van der Waals surface area contributed by atoms with Crippen LogP contribution in [0.5, 0.6) is 5.75 Å². The number of hydrogen-bond acceptors (Lipinski definition) is 5. The number of amides is 2. The first-order chi connectivity index (χ1) is 14.1. The quantitative estimate of drug-likeness (QED) is 0.250. The van der Waals surface area contributed by atoms with Crippen LogP contribution < -0.4 is 15.5 Å². The number of aromatic amines is 1. The summed E-state index contributed by atoms with van der Waals surface area (Å²) in [5.74, 6) is 0.756. The lowest BCUT2D eigenvalue weighted by Gasteiger charge is -2.06. The molecule has 8 nitrogen and oxygen atoms in total. The number of hydroxylamine groups is 1. The van der Waals surface area contributed by atoms with E-state index in [0.29, 0.717) is 25.1 Å². The molecule has 152 valence electrons. The Balaban J connectivity index is 1.59. The van der Waals surface area contributed by atoms with E-state index < -0.39 is 5.91 Å². The molecular weight excluding hydrogens is 372 g/mol. The Hall–Kier alpha value is -3.39. The summed E-state index contributed by atoms with van der Waals surface area (Å²) < 4.78 is 5.28. The van der Waals surface area contributed by atoms with Crippen LogP contribution in [0.4, 0.5) is 5.82 Å². The Kier molecular flexibility index (Phi) is 6.80. The molecule has 0 radical (unpaired) electrons. The van der Waals surface area contributed by atoms with Gasteiger partial charge >= 0.3 is 0 Å². The monoisotopic (exact) mass is 396 g/mol. The second kappa shape index (κ2) is 9.70. The molecule has 3 rings (SSSR count). The number of H-pyrrole nitrogens is 1. The van der Waals surface area contributed by atoms with Gasteiger partial charge in [-0.1, -0.05) is 24.6 Å². The topological polar surface area (TPSA) is 116 Å². The first kappa shape index (κ1) is 20.3. The number of nitrogens with zero attached hydrogens (tertiary/aromatic N) is 1. The Morgan fingerprint density at radius 3 is 2.55 bits per heavy atom. The molecule has 0 aliphatic rings. The van der Waals surface area contributed by atoms with Crippen LogP contribution in [-0.2, 0) is 9.59 Å². The third-order valence-electron chi connectivity index (χ3n) is 4.66. The predicted molar refractivity (Wildman–Crippen MR) is 110 cm³/mol. The molecule has 8 heteroatoms. The third kappa shape index (κ3) is 5.32. The number of methoxy groups -OCH3 is 1. The van der Waals surface area contributed by atoms with Crippen molar-refractivity contribution >= 4 is 28.5 Å². The van der Waals surface area contributed by atoms with Crippen LogP contribution in [0.15, 0.2) is 42.5 Å². The predicted octanol–water partition coefficient (Wildman–Crippen LogP) is 3.63. The summed E-state index contributed by atoms with van der Waals surface area (Å²) in [6, 6.07) is 13.7. The van der Waals surface area contributed by atoms with Gasteiger partial charge < -0.3 is 10.1 Å². The van der Waals surface area contributed by atoms with Crippen LogP contribution >= 0.6 is 0 Å². The molecule has 0 atom stereocenters. The zero-order valence-corrected chi connectivity index (χ0v) is 16.2. The molecule has 4 N–H and O–H groups in total. The number of ether oxygens (including phenoxy) is 1. The van der Waals surface area contributed by atoms with Crippen molar-refractivity contribution in [1.82, 2.24) is 15.7 Å². The fraction of sp³-hybridized carbons (Fsp3) is 0.286. The minimum absolute atomic E-state index is 0.123. The van der Waals surface area contributed by atoms with Crippen molar-refractivity contribution < 1.29 is 19.5 Å². The summed E-state index contributed by atoms with van der Waals surface area (Å²) >= 11 is 0. The van der Waals surface area contributed by atoms with Crippen LogP contribution in [-0.4, -0.2) is 34.3 Å². The minimum atomic E-state index is -0.411. The van der Waals surface area contributed by atoms with E-state index in [1.807, 2.05) is 42.5 Å². The smallest absolute Gasteiger partial charge is 0.243 e. The Morgan fingerprint density at radius 2 is 1.79 bits per heavy atom. The van der Waals surface area contributed by atoms with Crippen LogP contribution in [0, 0.1) is 0 Å². The lowest BCUT2D eigenvalue weighted by Crippen LogP contribution is -2.17. The van der Waals surface area contributed by atoms with E-state index in [9.17, 15) is 9.59 Å². The van der Waals surface area contributed by atoms with Crippen LogP contribution in [0.3, 0.4) is 0 Å². The number of aromatic nitrogens is 2. The van der Waals surface area contributed by atoms with Gasteiger partial charge in [-0.05, 0) is 48.2 Å². The van der Waals surface area contributed by atoms with Gasteiger partial charge in [0.15, 0.2) is 5.82 Å². The molecule has 0 saturated heterocycles. The summed E-state index contributed by atoms with van der Waals surface area (Å²) in [5.41, 5.74) is 4.47. The molecule has 2 amide bonds. The average molecular weight is 396 g/mol. The molecule has 1 heterocycles. The van der Waals surface area contributed by atoms with Gasteiger partial charge in [0.2, 0.25) is 11.8 Å². The van der Waals surface area contributed by atoms with Gasteiger partial charge in [0.05, 0.1) is 12.6 Å². The van der Waals surface area contributed by atoms with E-state index in [4.69, 9.17) is 9.94 Å². The lowest BCUT2D eigenvalue weighted by atomic mass is 10.0. The summed E-state index contributed by atoms with van der Waals surface area (Å²) in [6.07, 6.45) is 2.60. The molecule has 1 aromatic heterocycles. The van der Waals surface area contributed by atoms with Crippen molar-refractivity contribution in [3.05, 3.63) is 42.5 Å². The molecule has 29 heavy (non-hydrogen) atoms. The largest absolute Gasteiger partial charge is 0.497 e. The van der Waals surface area contributed by atoms with Crippen molar-refractivity contribution in [1.29, 1.82) is 0 Å². The van der Waals surface area contributed by atoms with E-state index in [2.05, 4.69) is 15.5 Å². The average Bonchev–Trinajstić information content (AvgIpc) is 3.15. The Bertz CT molecular complexity index is 999. The molecule has 0 fully saturated rings. The maximum atomic E-state index is 12.2. The van der Waals surface area contributed by atoms with E-state index in [-0.39, 0.29) is 12.3 Å². The van der Waals surface area contributed by atoms with Crippen LogP contribution in [0.2, 0.25) is 0 Å². The van der Waals surface area contributed by atoms with Gasteiger partial charge in [-0.15, -0.1) is 0 Å². The highest BCUT2D eigenvalue weighted by Crippen LogP contribution is 2.29. The van der Waals surface area contributed by atoms with Crippen molar-refractivity contribution in [2.45, 2.75) is 32.1 Å². The van der Waals surface area contributed by atoms with Crippen LogP contribution in [0.25, 0.3) is 22.0 Å². The van der Waals surface area contributed by atoms with Crippen molar-refractivity contribution in [3.63, 3.8) is 0 Å². The molecule has 3 aromatic rings. The maximum Gasteiger partial charge on any atom is 0.243 e. The maximum absolute atomic E-state index is 12.2. The van der Waals surface area contributed by atoms with Gasteiger partial charge in [-0.2, -0.15) is 5.10 Å². The molecule has 0 aliphatic carbocycles. The Labute approximate surface area is 168 Å². The summed E-state index contributed by atoms with van der Waals surface area (Å²) in [5, 5.41) is 19.3. The third-order valence-corrected chi connectivity index (χ3v) is 4.66. The van der Waals surface area contributed by atoms with Crippen molar-refractivity contribution in [3.8, 4) is 16.9 Å². The SMILES string of the molecule is COc1cccc(-c2ccc3c(NC(=O)CCCCCC(=O)NO)n[nH]c3c2)c1. The number of hydrogen-bond donors (Lipinski definition) is 4. The molecule has 0 bridgehead atoms. The molecule has 0 spiro atoms. The highest BCUT2D eigenvalue weighted by molar-refractivity contribution is 6.00. The molecule has 2 aromatic carbocycles. The standard InChI is InChI=1S/C21H24N4O4/c1-29-16-7-5-6-14(12-16)15-10-11-17-18(13-15)23-24-21(17)22-19(26)8-3-2-4-9-20(27)25-28/h5-7,10-13,28H,2-4,8-9H2,1H3,(H,25,27)(H2,22,23,24,26). The number of unbranched alkanes of at least 4 members (excludes halogenated alkanes) is 2. The second-order valence-electron chi connectivity index (χ2n) is 6.71. The highest BCUT2D eigenvalue weighted by atomic mass is 16.5. The normalized spacial score (nSPS) is 10.7. The number of rotatable bonds is 9. The van der Waals surface area contributed by atoms with Crippen molar-refractivity contribution in [2.24, 2.45) is 0 Å². The fourth-order valence-electron chi connectivity index (χ4n) is 3.10. The zero-order valence-electron chi connectivity index (χ0n) is 16.2. The molecule has 0 aliphatic heterocycles. The first-order valence-corrected chi connectivity index (χ1v) is 9.46. The first-order valence-electron chi connectivity index (χ1n) is 9.46. The van der Waals surface area contributed by atoms with E-state index in [1.54, 1.807) is 12.6 Å². The number of benzene rings is 2. The van der Waals surface area contributed by atoms with Gasteiger partial charge in [0.25, 0.3) is 0 Å². The van der Waals surface area contributed by atoms with Crippen LogP contribution in [0.1, 0.15) is 32.1 Å².